The van der Waals surface area contributed by atoms with Crippen molar-refractivity contribution < 1.29 is 4.74 Å². The van der Waals surface area contributed by atoms with E-state index in [2.05, 4.69) is 31.0 Å². The minimum Gasteiger partial charge on any atom is -0.374 e. The van der Waals surface area contributed by atoms with E-state index in [1.165, 1.54) is 0 Å². The van der Waals surface area contributed by atoms with E-state index in [-0.39, 0.29) is 5.54 Å². The summed E-state index contributed by atoms with van der Waals surface area (Å²) < 4.78 is 5.75. The Bertz CT molecular complexity index is 199. The zero-order valence-corrected chi connectivity index (χ0v) is 11.5. The molecular weight excluding hydrogens is 224 g/mol. The van der Waals surface area contributed by atoms with Crippen LogP contribution in [0.1, 0.15) is 27.2 Å². The highest BCUT2D eigenvalue weighted by Crippen LogP contribution is 2.11. The second-order valence-corrected chi connectivity index (χ2v) is 5.47. The molecule has 1 aliphatic rings. The van der Waals surface area contributed by atoms with E-state index >= 15 is 0 Å². The van der Waals surface area contributed by atoms with Crippen molar-refractivity contribution in [1.29, 1.82) is 0 Å². The van der Waals surface area contributed by atoms with Gasteiger partial charge in [-0.2, -0.15) is 0 Å². The van der Waals surface area contributed by atoms with E-state index in [0.29, 0.717) is 12.0 Å². The van der Waals surface area contributed by atoms with Crippen LogP contribution < -0.4 is 5.32 Å². The van der Waals surface area contributed by atoms with E-state index < -0.39 is 0 Å². The van der Waals surface area contributed by atoms with E-state index in [9.17, 15) is 0 Å². The average molecular weight is 249 g/mol. The molecule has 0 saturated carbocycles. The molecule has 96 valence electrons. The van der Waals surface area contributed by atoms with Gasteiger partial charge in [0.1, 0.15) is 0 Å². The molecule has 0 amide bonds. The zero-order valence-electron chi connectivity index (χ0n) is 10.8. The van der Waals surface area contributed by atoms with Crippen LogP contribution in [0.2, 0.25) is 0 Å². The second kappa shape index (κ2) is 6.80. The lowest BCUT2D eigenvalue weighted by atomic mass is 10.0. The van der Waals surface area contributed by atoms with Crippen LogP contribution >= 0.6 is 11.6 Å². The van der Waals surface area contributed by atoms with Crippen molar-refractivity contribution in [3.8, 4) is 0 Å². The lowest BCUT2D eigenvalue weighted by Crippen LogP contribution is -2.50. The molecule has 1 atom stereocenters. The molecule has 16 heavy (non-hydrogen) atoms. The molecule has 0 radical (unpaired) electrons. The minimum absolute atomic E-state index is 0.111. The lowest BCUT2D eigenvalue weighted by molar-refractivity contribution is -0.0280. The maximum atomic E-state index is 5.77. The Labute approximate surface area is 104 Å². The van der Waals surface area contributed by atoms with Gasteiger partial charge in [0.05, 0.1) is 12.7 Å². The van der Waals surface area contributed by atoms with Crippen LogP contribution in [0.3, 0.4) is 0 Å². The fourth-order valence-corrected chi connectivity index (χ4v) is 2.38. The first-order valence-electron chi connectivity index (χ1n) is 6.22. The summed E-state index contributed by atoms with van der Waals surface area (Å²) in [4.78, 5) is 2.43. The molecule has 3 nitrogen and oxygen atoms in total. The van der Waals surface area contributed by atoms with Gasteiger partial charge >= 0.3 is 0 Å². The lowest BCUT2D eigenvalue weighted by Gasteiger charge is -2.34. The van der Waals surface area contributed by atoms with Gasteiger partial charge in [-0.15, -0.1) is 11.6 Å². The van der Waals surface area contributed by atoms with E-state index in [1.54, 1.807) is 0 Å². The van der Waals surface area contributed by atoms with Gasteiger partial charge in [-0.05, 0) is 26.8 Å². The van der Waals surface area contributed by atoms with Gasteiger partial charge < -0.3 is 10.1 Å². The Morgan fingerprint density at radius 3 is 2.88 bits per heavy atom. The molecular formula is C12H25ClN2O. The first-order valence-corrected chi connectivity index (χ1v) is 6.76. The molecule has 1 unspecified atom stereocenters. The summed E-state index contributed by atoms with van der Waals surface area (Å²) in [6, 6.07) is 0. The van der Waals surface area contributed by atoms with Crippen LogP contribution in [0, 0.1) is 0 Å². The molecule has 0 aliphatic carbocycles. The van der Waals surface area contributed by atoms with Crippen LogP contribution in [-0.2, 0) is 4.74 Å². The molecule has 0 spiro atoms. The average Bonchev–Trinajstić information content (AvgIpc) is 2.27. The number of hydrogen-bond donors (Lipinski definition) is 1. The first-order chi connectivity index (χ1) is 7.57. The predicted octanol–water partition coefficient (Wildman–Crippen LogP) is 1.70. The summed E-state index contributed by atoms with van der Waals surface area (Å²) in [5, 5.41) is 3.54. The summed E-state index contributed by atoms with van der Waals surface area (Å²) in [7, 11) is 0. The monoisotopic (exact) mass is 248 g/mol. The maximum absolute atomic E-state index is 5.77. The van der Waals surface area contributed by atoms with Gasteiger partial charge in [0.15, 0.2) is 0 Å². The maximum Gasteiger partial charge on any atom is 0.0826 e. The van der Waals surface area contributed by atoms with Crippen molar-refractivity contribution in [2.24, 2.45) is 0 Å². The fourth-order valence-electron chi connectivity index (χ4n) is 1.91. The molecule has 1 aliphatic heterocycles. The molecule has 1 N–H and O–H groups in total. The molecule has 4 heteroatoms. The predicted molar refractivity (Wildman–Crippen MR) is 69.3 cm³/mol. The van der Waals surface area contributed by atoms with Crippen LogP contribution in [0.5, 0.6) is 0 Å². The SMILES string of the molecule is CCN1CCOC(CNC(C)(C)CCCl)C1. The highest BCUT2D eigenvalue weighted by atomic mass is 35.5. The molecule has 1 saturated heterocycles. The fraction of sp³-hybridized carbons (Fsp3) is 1.00. The second-order valence-electron chi connectivity index (χ2n) is 5.09. The third kappa shape index (κ3) is 5.00. The van der Waals surface area contributed by atoms with Crippen molar-refractivity contribution >= 4 is 11.6 Å². The number of nitrogens with zero attached hydrogens (tertiary/aromatic N) is 1. The van der Waals surface area contributed by atoms with Gasteiger partial charge in [0.2, 0.25) is 0 Å². The van der Waals surface area contributed by atoms with E-state index in [4.69, 9.17) is 16.3 Å². The van der Waals surface area contributed by atoms with Crippen LogP contribution in [0.4, 0.5) is 0 Å². The molecule has 1 fully saturated rings. The molecule has 0 aromatic carbocycles. The molecule has 0 aromatic heterocycles. The number of ether oxygens (including phenoxy) is 1. The standard InChI is InChI=1S/C12H25ClN2O/c1-4-15-7-8-16-11(10-15)9-14-12(2,3)5-6-13/h11,14H,4-10H2,1-3H3. The number of halogens is 1. The smallest absolute Gasteiger partial charge is 0.0826 e. The van der Waals surface area contributed by atoms with Crippen LogP contribution in [0.25, 0.3) is 0 Å². The molecule has 0 aromatic rings. The highest BCUT2D eigenvalue weighted by Gasteiger charge is 2.22. The third-order valence-corrected chi connectivity index (χ3v) is 3.39. The number of morpholine rings is 1. The number of nitrogens with one attached hydrogen (secondary N) is 1. The Hall–Kier alpha value is 0.170. The summed E-state index contributed by atoms with van der Waals surface area (Å²) in [5.41, 5.74) is 0.111. The quantitative estimate of drug-likeness (QED) is 0.725. The largest absolute Gasteiger partial charge is 0.374 e. The van der Waals surface area contributed by atoms with E-state index in [0.717, 1.165) is 39.2 Å². The number of rotatable bonds is 6. The minimum atomic E-state index is 0.111. The summed E-state index contributed by atoms with van der Waals surface area (Å²) in [6.07, 6.45) is 1.31. The van der Waals surface area contributed by atoms with Gasteiger partial charge in [0, 0.05) is 31.1 Å². The topological polar surface area (TPSA) is 24.5 Å². The summed E-state index contributed by atoms with van der Waals surface area (Å²) in [6.45, 7) is 11.6. The normalized spacial score (nSPS) is 23.6. The molecule has 1 heterocycles. The van der Waals surface area contributed by atoms with Crippen molar-refractivity contribution in [3.05, 3.63) is 0 Å². The van der Waals surface area contributed by atoms with Crippen molar-refractivity contribution in [2.75, 3.05) is 38.7 Å². The van der Waals surface area contributed by atoms with Crippen molar-refractivity contribution in [3.63, 3.8) is 0 Å². The third-order valence-electron chi connectivity index (χ3n) is 3.20. The Morgan fingerprint density at radius 2 is 2.25 bits per heavy atom. The van der Waals surface area contributed by atoms with Crippen LogP contribution in [0.15, 0.2) is 0 Å². The highest BCUT2D eigenvalue weighted by molar-refractivity contribution is 6.17. The van der Waals surface area contributed by atoms with Gasteiger partial charge in [-0.3, -0.25) is 4.90 Å². The van der Waals surface area contributed by atoms with Gasteiger partial charge in [-0.1, -0.05) is 6.92 Å². The van der Waals surface area contributed by atoms with Crippen molar-refractivity contribution in [1.82, 2.24) is 10.2 Å². The summed E-state index contributed by atoms with van der Waals surface area (Å²) in [5.74, 6) is 0.701. The van der Waals surface area contributed by atoms with Gasteiger partial charge in [0.25, 0.3) is 0 Å². The molecule has 1 rings (SSSR count). The number of alkyl halides is 1. The van der Waals surface area contributed by atoms with E-state index in [1.807, 2.05) is 0 Å². The Kier molecular flexibility index (Phi) is 6.05. The number of likely N-dealkylation sites (N-methyl/N-ethyl adjacent to an activating group) is 1. The van der Waals surface area contributed by atoms with Crippen molar-refractivity contribution in [2.45, 2.75) is 38.8 Å². The molecule has 0 bridgehead atoms. The van der Waals surface area contributed by atoms with Crippen LogP contribution in [-0.4, -0.2) is 55.2 Å². The van der Waals surface area contributed by atoms with Gasteiger partial charge in [-0.25, -0.2) is 0 Å². The first kappa shape index (κ1) is 14.2. The zero-order chi connectivity index (χ0) is 12.0. The summed E-state index contributed by atoms with van der Waals surface area (Å²) >= 11 is 5.77. The Morgan fingerprint density at radius 1 is 1.50 bits per heavy atom. The number of hydrogen-bond acceptors (Lipinski definition) is 3. The Balaban J connectivity index is 2.26.